The standard InChI is InChI=1S/C10H5N3S/c11-5-7(6-12)10-8-3-1-2-4-9(8)13-14-10/h1-4,7H. The lowest BCUT2D eigenvalue weighted by Crippen LogP contribution is -1.87. The summed E-state index contributed by atoms with van der Waals surface area (Å²) in [5, 5.41) is 18.4. The molecule has 1 aromatic carbocycles. The molecule has 2 rings (SSSR count). The van der Waals surface area contributed by atoms with Crippen molar-refractivity contribution in [3.8, 4) is 12.1 Å². The molecule has 0 saturated heterocycles. The molecule has 0 bridgehead atoms. The fraction of sp³-hybridized carbons (Fsp3) is 0.100. The van der Waals surface area contributed by atoms with Gasteiger partial charge >= 0.3 is 0 Å². The third-order valence-corrected chi connectivity index (χ3v) is 2.87. The molecule has 1 aromatic heterocycles. The summed E-state index contributed by atoms with van der Waals surface area (Å²) in [5.74, 6) is -0.701. The second-order valence-corrected chi connectivity index (χ2v) is 3.56. The van der Waals surface area contributed by atoms with Crippen LogP contribution in [0.5, 0.6) is 0 Å². The van der Waals surface area contributed by atoms with Gasteiger partial charge in [0, 0.05) is 5.39 Å². The van der Waals surface area contributed by atoms with Crippen LogP contribution in [0.25, 0.3) is 10.9 Å². The highest BCUT2D eigenvalue weighted by molar-refractivity contribution is 7.07. The first-order valence-corrected chi connectivity index (χ1v) is 4.77. The number of hydrogen-bond donors (Lipinski definition) is 0. The van der Waals surface area contributed by atoms with Crippen molar-refractivity contribution in [2.75, 3.05) is 0 Å². The molecule has 0 unspecified atom stereocenters. The van der Waals surface area contributed by atoms with Gasteiger partial charge in [-0.05, 0) is 17.6 Å². The molecule has 4 heteroatoms. The summed E-state index contributed by atoms with van der Waals surface area (Å²) < 4.78 is 4.17. The third-order valence-electron chi connectivity index (χ3n) is 1.93. The lowest BCUT2D eigenvalue weighted by atomic mass is 10.1. The number of aromatic nitrogens is 1. The van der Waals surface area contributed by atoms with Crippen LogP contribution < -0.4 is 0 Å². The first kappa shape index (κ1) is 8.68. The summed E-state index contributed by atoms with van der Waals surface area (Å²) in [6, 6.07) is 11.4. The van der Waals surface area contributed by atoms with Gasteiger partial charge in [-0.1, -0.05) is 18.2 Å². The fourth-order valence-electron chi connectivity index (χ4n) is 1.26. The maximum Gasteiger partial charge on any atom is 0.169 e. The van der Waals surface area contributed by atoms with Gasteiger partial charge in [0.15, 0.2) is 5.92 Å². The quantitative estimate of drug-likeness (QED) is 0.708. The minimum Gasteiger partial charge on any atom is -0.196 e. The van der Waals surface area contributed by atoms with Crippen molar-refractivity contribution in [3.05, 3.63) is 29.1 Å². The highest BCUT2D eigenvalue weighted by Gasteiger charge is 2.15. The normalized spacial score (nSPS) is 9.93. The minimum atomic E-state index is -0.701. The molecule has 0 radical (unpaired) electrons. The Hall–Kier alpha value is -1.91. The first-order valence-electron chi connectivity index (χ1n) is 4.00. The molecule has 14 heavy (non-hydrogen) atoms. The zero-order valence-corrected chi connectivity index (χ0v) is 7.95. The van der Waals surface area contributed by atoms with E-state index in [1.54, 1.807) is 0 Å². The number of nitrogens with zero attached hydrogens (tertiary/aromatic N) is 3. The Labute approximate surface area is 85.0 Å². The summed E-state index contributed by atoms with van der Waals surface area (Å²) in [4.78, 5) is 0.741. The summed E-state index contributed by atoms with van der Waals surface area (Å²) in [7, 11) is 0. The van der Waals surface area contributed by atoms with Gasteiger partial charge in [-0.25, -0.2) is 0 Å². The molecule has 66 valence electrons. The first-order chi connectivity index (χ1) is 6.86. The van der Waals surface area contributed by atoms with E-state index in [0.29, 0.717) is 0 Å². The largest absolute Gasteiger partial charge is 0.196 e. The second kappa shape index (κ2) is 3.45. The summed E-state index contributed by atoms with van der Waals surface area (Å²) in [6.07, 6.45) is 0. The van der Waals surface area contributed by atoms with Crippen LogP contribution in [-0.4, -0.2) is 4.37 Å². The van der Waals surface area contributed by atoms with E-state index >= 15 is 0 Å². The molecule has 0 aliphatic heterocycles. The number of hydrogen-bond acceptors (Lipinski definition) is 4. The van der Waals surface area contributed by atoms with Gasteiger partial charge in [-0.3, -0.25) is 0 Å². The molecule has 2 aromatic rings. The van der Waals surface area contributed by atoms with Crippen molar-refractivity contribution in [2.45, 2.75) is 5.92 Å². The minimum absolute atomic E-state index is 0.701. The molecule has 1 heterocycles. The summed E-state index contributed by atoms with van der Waals surface area (Å²) >= 11 is 1.23. The predicted octanol–water partition coefficient (Wildman–Crippen LogP) is 2.43. The van der Waals surface area contributed by atoms with E-state index in [2.05, 4.69) is 4.37 Å². The molecule has 0 atom stereocenters. The number of fused-ring (bicyclic) bond motifs is 1. The van der Waals surface area contributed by atoms with E-state index in [4.69, 9.17) is 10.5 Å². The van der Waals surface area contributed by atoms with Crippen molar-refractivity contribution in [2.24, 2.45) is 0 Å². The van der Waals surface area contributed by atoms with Crippen molar-refractivity contribution in [3.63, 3.8) is 0 Å². The van der Waals surface area contributed by atoms with E-state index < -0.39 is 5.92 Å². The molecular formula is C10H5N3S. The van der Waals surface area contributed by atoms with E-state index in [-0.39, 0.29) is 0 Å². The average molecular weight is 199 g/mol. The number of benzene rings is 1. The highest BCUT2D eigenvalue weighted by atomic mass is 32.1. The van der Waals surface area contributed by atoms with E-state index in [0.717, 1.165) is 15.8 Å². The smallest absolute Gasteiger partial charge is 0.169 e. The topological polar surface area (TPSA) is 60.5 Å². The Morgan fingerprint density at radius 1 is 1.21 bits per heavy atom. The van der Waals surface area contributed by atoms with E-state index in [1.165, 1.54) is 11.5 Å². The average Bonchev–Trinajstić information content (AvgIpc) is 2.65. The molecule has 3 nitrogen and oxygen atoms in total. The van der Waals surface area contributed by atoms with Crippen LogP contribution in [-0.2, 0) is 0 Å². The number of rotatable bonds is 1. The maximum absolute atomic E-state index is 8.76. The molecule has 0 spiro atoms. The predicted molar refractivity (Wildman–Crippen MR) is 53.6 cm³/mol. The Morgan fingerprint density at radius 2 is 1.93 bits per heavy atom. The zero-order valence-electron chi connectivity index (χ0n) is 7.14. The van der Waals surface area contributed by atoms with Crippen LogP contribution in [0.3, 0.4) is 0 Å². The maximum atomic E-state index is 8.76. The zero-order chi connectivity index (χ0) is 9.97. The second-order valence-electron chi connectivity index (χ2n) is 2.76. The Bertz CT molecular complexity index is 530. The Kier molecular flexibility index (Phi) is 2.14. The third kappa shape index (κ3) is 1.22. The van der Waals surface area contributed by atoms with Crippen molar-refractivity contribution >= 4 is 22.4 Å². The molecule has 0 amide bonds. The molecule has 0 aliphatic carbocycles. The van der Waals surface area contributed by atoms with E-state index in [1.807, 2.05) is 36.4 Å². The molecule has 0 saturated carbocycles. The fourth-order valence-corrected chi connectivity index (χ4v) is 2.10. The lowest BCUT2D eigenvalue weighted by Gasteiger charge is -1.94. The van der Waals surface area contributed by atoms with Crippen LogP contribution in [0.2, 0.25) is 0 Å². The van der Waals surface area contributed by atoms with E-state index in [9.17, 15) is 0 Å². The van der Waals surface area contributed by atoms with Crippen LogP contribution in [0, 0.1) is 22.7 Å². The molecule has 0 N–H and O–H groups in total. The Balaban J connectivity index is 2.66. The van der Waals surface area contributed by atoms with Gasteiger partial charge < -0.3 is 0 Å². The molecule has 0 aliphatic rings. The van der Waals surface area contributed by atoms with Gasteiger partial charge in [-0.15, -0.1) is 0 Å². The van der Waals surface area contributed by atoms with Gasteiger partial charge in [0.2, 0.25) is 0 Å². The lowest BCUT2D eigenvalue weighted by molar-refractivity contribution is 1.15. The highest BCUT2D eigenvalue weighted by Crippen LogP contribution is 2.28. The van der Waals surface area contributed by atoms with Crippen LogP contribution in [0.4, 0.5) is 0 Å². The molecule has 0 fully saturated rings. The van der Waals surface area contributed by atoms with Gasteiger partial charge in [0.05, 0.1) is 22.5 Å². The number of nitriles is 2. The van der Waals surface area contributed by atoms with Crippen molar-refractivity contribution in [1.82, 2.24) is 4.37 Å². The van der Waals surface area contributed by atoms with Crippen LogP contribution >= 0.6 is 11.5 Å². The van der Waals surface area contributed by atoms with Gasteiger partial charge in [0.1, 0.15) is 0 Å². The monoisotopic (exact) mass is 199 g/mol. The Morgan fingerprint density at radius 3 is 2.64 bits per heavy atom. The van der Waals surface area contributed by atoms with Crippen LogP contribution in [0.1, 0.15) is 10.8 Å². The SMILES string of the molecule is N#CC(C#N)c1snc2ccccc12. The van der Waals surface area contributed by atoms with Crippen molar-refractivity contribution < 1.29 is 0 Å². The molecular weight excluding hydrogens is 194 g/mol. The summed E-state index contributed by atoms with van der Waals surface area (Å²) in [6.45, 7) is 0. The van der Waals surface area contributed by atoms with Gasteiger partial charge in [0.25, 0.3) is 0 Å². The van der Waals surface area contributed by atoms with Crippen LogP contribution in [0.15, 0.2) is 24.3 Å². The van der Waals surface area contributed by atoms with Crippen molar-refractivity contribution in [1.29, 1.82) is 10.5 Å². The van der Waals surface area contributed by atoms with Gasteiger partial charge in [-0.2, -0.15) is 14.9 Å². The summed E-state index contributed by atoms with van der Waals surface area (Å²) in [5.41, 5.74) is 0.850.